The fourth-order valence-corrected chi connectivity index (χ4v) is 3.17. The standard InChI is InChI=1S/C19H18FN3O4/c20-12-2-1-3-13(8-12)21-19(25)22-14-9-18(24)23(11-14)15-4-5-16-17(10-15)27-7-6-26-16/h1-5,8,10,14H,6-7,9,11H2,(H2,21,22,25)/t14-/m0/s1. The molecule has 0 radical (unpaired) electrons. The third kappa shape index (κ3) is 3.79. The highest BCUT2D eigenvalue weighted by Gasteiger charge is 2.32. The molecule has 2 aromatic rings. The molecule has 2 heterocycles. The van der Waals surface area contributed by atoms with Gasteiger partial charge in [0, 0.05) is 30.4 Å². The Labute approximate surface area is 155 Å². The van der Waals surface area contributed by atoms with Crippen molar-refractivity contribution in [2.24, 2.45) is 0 Å². The quantitative estimate of drug-likeness (QED) is 0.869. The lowest BCUT2D eigenvalue weighted by molar-refractivity contribution is -0.117. The van der Waals surface area contributed by atoms with Gasteiger partial charge < -0.3 is 25.0 Å². The van der Waals surface area contributed by atoms with Crippen LogP contribution in [0.15, 0.2) is 42.5 Å². The topological polar surface area (TPSA) is 79.9 Å². The fraction of sp³-hybridized carbons (Fsp3) is 0.263. The van der Waals surface area contributed by atoms with Gasteiger partial charge in [-0.1, -0.05) is 6.07 Å². The summed E-state index contributed by atoms with van der Waals surface area (Å²) in [5.41, 5.74) is 1.04. The first-order valence-electron chi connectivity index (χ1n) is 8.61. The van der Waals surface area contributed by atoms with Crippen molar-refractivity contribution < 1.29 is 23.5 Å². The molecule has 0 aromatic heterocycles. The van der Waals surface area contributed by atoms with Crippen molar-refractivity contribution in [2.75, 3.05) is 30.0 Å². The maximum Gasteiger partial charge on any atom is 0.319 e. The fourth-order valence-electron chi connectivity index (χ4n) is 3.17. The van der Waals surface area contributed by atoms with Gasteiger partial charge in [0.15, 0.2) is 11.5 Å². The average Bonchev–Trinajstić information content (AvgIpc) is 3.01. The van der Waals surface area contributed by atoms with Gasteiger partial charge in [-0.3, -0.25) is 4.79 Å². The number of carbonyl (C=O) groups is 2. The van der Waals surface area contributed by atoms with E-state index in [4.69, 9.17) is 9.47 Å². The Hall–Kier alpha value is -3.29. The minimum Gasteiger partial charge on any atom is -0.486 e. The van der Waals surface area contributed by atoms with E-state index in [1.807, 2.05) is 0 Å². The van der Waals surface area contributed by atoms with Crippen molar-refractivity contribution in [3.8, 4) is 11.5 Å². The largest absolute Gasteiger partial charge is 0.486 e. The van der Waals surface area contributed by atoms with E-state index in [1.54, 1.807) is 29.2 Å². The number of nitrogens with one attached hydrogen (secondary N) is 2. The van der Waals surface area contributed by atoms with Gasteiger partial charge in [0.25, 0.3) is 0 Å². The van der Waals surface area contributed by atoms with Crippen molar-refractivity contribution in [2.45, 2.75) is 12.5 Å². The van der Waals surface area contributed by atoms with Crippen molar-refractivity contribution in [3.05, 3.63) is 48.3 Å². The van der Waals surface area contributed by atoms with Crippen LogP contribution in [0.5, 0.6) is 11.5 Å². The van der Waals surface area contributed by atoms with E-state index in [2.05, 4.69) is 10.6 Å². The van der Waals surface area contributed by atoms with E-state index >= 15 is 0 Å². The molecule has 4 rings (SSSR count). The Kier molecular flexibility index (Phi) is 4.53. The average molecular weight is 371 g/mol. The first kappa shape index (κ1) is 17.1. The van der Waals surface area contributed by atoms with Gasteiger partial charge in [0.05, 0.1) is 6.04 Å². The third-order valence-corrected chi connectivity index (χ3v) is 4.38. The van der Waals surface area contributed by atoms with Crippen LogP contribution in [-0.2, 0) is 4.79 Å². The first-order chi connectivity index (χ1) is 13.1. The van der Waals surface area contributed by atoms with Gasteiger partial charge in [-0.05, 0) is 30.3 Å². The Morgan fingerprint density at radius 2 is 1.93 bits per heavy atom. The number of urea groups is 1. The van der Waals surface area contributed by atoms with Crippen molar-refractivity contribution in [1.29, 1.82) is 0 Å². The lowest BCUT2D eigenvalue weighted by Crippen LogP contribution is -2.39. The van der Waals surface area contributed by atoms with Gasteiger partial charge >= 0.3 is 6.03 Å². The number of benzene rings is 2. The van der Waals surface area contributed by atoms with E-state index in [1.165, 1.54) is 18.2 Å². The molecule has 27 heavy (non-hydrogen) atoms. The minimum atomic E-state index is -0.484. The van der Waals surface area contributed by atoms with Crippen LogP contribution >= 0.6 is 0 Å². The second kappa shape index (κ2) is 7.14. The van der Waals surface area contributed by atoms with Crippen LogP contribution in [0.3, 0.4) is 0 Å². The molecule has 3 amide bonds. The van der Waals surface area contributed by atoms with Gasteiger partial charge in [-0.15, -0.1) is 0 Å². The number of amides is 3. The monoisotopic (exact) mass is 371 g/mol. The number of carbonyl (C=O) groups excluding carboxylic acids is 2. The number of rotatable bonds is 3. The molecule has 7 nitrogen and oxygen atoms in total. The molecule has 8 heteroatoms. The molecule has 0 spiro atoms. The molecule has 2 aliphatic heterocycles. The van der Waals surface area contributed by atoms with Crippen LogP contribution in [0.4, 0.5) is 20.6 Å². The van der Waals surface area contributed by atoms with Crippen LogP contribution in [0, 0.1) is 5.82 Å². The number of anilines is 2. The zero-order valence-corrected chi connectivity index (χ0v) is 14.4. The van der Waals surface area contributed by atoms with Gasteiger partial charge in [-0.2, -0.15) is 0 Å². The van der Waals surface area contributed by atoms with Crippen molar-refractivity contribution in [1.82, 2.24) is 5.32 Å². The van der Waals surface area contributed by atoms with Gasteiger partial charge in [0.2, 0.25) is 5.91 Å². The SMILES string of the molecule is O=C(Nc1cccc(F)c1)N[C@H]1CC(=O)N(c2ccc3c(c2)OCCO3)C1. The molecule has 2 N–H and O–H groups in total. The zero-order chi connectivity index (χ0) is 18.8. The Morgan fingerprint density at radius 1 is 1.11 bits per heavy atom. The molecule has 0 unspecified atom stereocenters. The van der Waals surface area contributed by atoms with Gasteiger partial charge in [0.1, 0.15) is 19.0 Å². The van der Waals surface area contributed by atoms with E-state index < -0.39 is 11.8 Å². The van der Waals surface area contributed by atoms with E-state index in [0.717, 1.165) is 0 Å². The number of ether oxygens (including phenoxy) is 2. The lowest BCUT2D eigenvalue weighted by Gasteiger charge is -2.22. The second-order valence-electron chi connectivity index (χ2n) is 6.34. The Morgan fingerprint density at radius 3 is 2.74 bits per heavy atom. The van der Waals surface area contributed by atoms with E-state index in [0.29, 0.717) is 42.6 Å². The van der Waals surface area contributed by atoms with Crippen molar-refractivity contribution >= 4 is 23.3 Å². The summed E-state index contributed by atoms with van der Waals surface area (Å²) in [6.45, 7) is 1.31. The van der Waals surface area contributed by atoms with Crippen LogP contribution in [0.1, 0.15) is 6.42 Å². The Balaban J connectivity index is 1.39. The van der Waals surface area contributed by atoms with E-state index in [9.17, 15) is 14.0 Å². The molecule has 2 aromatic carbocycles. The second-order valence-corrected chi connectivity index (χ2v) is 6.34. The number of hydrogen-bond acceptors (Lipinski definition) is 4. The first-order valence-corrected chi connectivity index (χ1v) is 8.61. The highest BCUT2D eigenvalue weighted by molar-refractivity contribution is 5.98. The third-order valence-electron chi connectivity index (χ3n) is 4.38. The summed E-state index contributed by atoms with van der Waals surface area (Å²) >= 11 is 0. The van der Waals surface area contributed by atoms with Crippen LogP contribution in [0.25, 0.3) is 0 Å². The predicted molar refractivity (Wildman–Crippen MR) is 96.7 cm³/mol. The van der Waals surface area contributed by atoms with E-state index in [-0.39, 0.29) is 18.4 Å². The van der Waals surface area contributed by atoms with Crippen LogP contribution in [0.2, 0.25) is 0 Å². The summed E-state index contributed by atoms with van der Waals surface area (Å²) in [4.78, 5) is 26.1. The highest BCUT2D eigenvalue weighted by atomic mass is 19.1. The molecule has 1 atom stereocenters. The molecule has 0 aliphatic carbocycles. The number of nitrogens with zero attached hydrogens (tertiary/aromatic N) is 1. The number of hydrogen-bond donors (Lipinski definition) is 2. The number of fused-ring (bicyclic) bond motifs is 1. The lowest BCUT2D eigenvalue weighted by atomic mass is 10.2. The maximum atomic E-state index is 13.2. The summed E-state index contributed by atoms with van der Waals surface area (Å²) < 4.78 is 24.2. The van der Waals surface area contributed by atoms with Crippen molar-refractivity contribution in [3.63, 3.8) is 0 Å². The summed E-state index contributed by atoms with van der Waals surface area (Å²) in [5, 5.41) is 5.31. The molecule has 0 saturated carbocycles. The molecule has 2 aliphatic rings. The summed E-state index contributed by atoms with van der Waals surface area (Å²) in [6, 6.07) is 10.1. The summed E-state index contributed by atoms with van der Waals surface area (Å²) in [7, 11) is 0. The van der Waals surface area contributed by atoms with Crippen LogP contribution in [-0.4, -0.2) is 37.7 Å². The number of halogens is 1. The summed E-state index contributed by atoms with van der Waals surface area (Å²) in [6.07, 6.45) is 0.186. The molecule has 140 valence electrons. The molecular weight excluding hydrogens is 353 g/mol. The molecular formula is C19H18FN3O4. The predicted octanol–water partition coefficient (Wildman–Crippen LogP) is 2.52. The normalized spacial score (nSPS) is 18.3. The zero-order valence-electron chi connectivity index (χ0n) is 14.4. The highest BCUT2D eigenvalue weighted by Crippen LogP contribution is 2.35. The minimum absolute atomic E-state index is 0.0947. The maximum absolute atomic E-state index is 13.2. The Bertz CT molecular complexity index is 889. The van der Waals surface area contributed by atoms with Crippen LogP contribution < -0.4 is 25.0 Å². The summed E-state index contributed by atoms with van der Waals surface area (Å²) in [5.74, 6) is 0.726. The smallest absolute Gasteiger partial charge is 0.319 e. The molecule has 1 saturated heterocycles. The molecule has 0 bridgehead atoms. The van der Waals surface area contributed by atoms with Gasteiger partial charge in [-0.25, -0.2) is 9.18 Å². The molecule has 1 fully saturated rings.